The van der Waals surface area contributed by atoms with Gasteiger partial charge in [0.25, 0.3) is 0 Å². The molecule has 0 saturated carbocycles. The molecule has 1 atom stereocenters. The molecule has 0 saturated heterocycles. The molecule has 0 fully saturated rings. The molecule has 3 N–H and O–H groups in total. The summed E-state index contributed by atoms with van der Waals surface area (Å²) in [5, 5.41) is 6.05. The highest BCUT2D eigenvalue weighted by molar-refractivity contribution is 7.89. The van der Waals surface area contributed by atoms with Crippen LogP contribution in [0.2, 0.25) is 0 Å². The van der Waals surface area contributed by atoms with Crippen LogP contribution in [0.3, 0.4) is 0 Å². The Labute approximate surface area is 166 Å². The summed E-state index contributed by atoms with van der Waals surface area (Å²) in [6, 6.07) is 11.8. The summed E-state index contributed by atoms with van der Waals surface area (Å²) in [6.45, 7) is 5.33. The highest BCUT2D eigenvalue weighted by atomic mass is 32.2. The SMILES string of the molecule is CC(C)NS(=O)(=O)c1ccc(NC(=O)[C@@H](C)Nc2ccc3c(c2)CCC3)cc1. The maximum Gasteiger partial charge on any atom is 0.246 e. The van der Waals surface area contributed by atoms with Crippen LogP contribution in [0.4, 0.5) is 11.4 Å². The smallest absolute Gasteiger partial charge is 0.246 e. The fourth-order valence-corrected chi connectivity index (χ4v) is 4.57. The molecule has 1 aliphatic carbocycles. The van der Waals surface area contributed by atoms with Crippen LogP contribution in [0.25, 0.3) is 0 Å². The van der Waals surface area contributed by atoms with Gasteiger partial charge in [0.1, 0.15) is 6.04 Å². The number of rotatable bonds is 7. The van der Waals surface area contributed by atoms with Gasteiger partial charge in [-0.1, -0.05) is 6.07 Å². The second kappa shape index (κ2) is 8.32. The minimum atomic E-state index is -3.54. The van der Waals surface area contributed by atoms with Crippen molar-refractivity contribution in [2.24, 2.45) is 0 Å². The van der Waals surface area contributed by atoms with E-state index in [0.717, 1.165) is 18.5 Å². The first-order valence-corrected chi connectivity index (χ1v) is 11.0. The highest BCUT2D eigenvalue weighted by Crippen LogP contribution is 2.25. The van der Waals surface area contributed by atoms with Crippen molar-refractivity contribution in [3.05, 3.63) is 53.6 Å². The maximum absolute atomic E-state index is 12.5. The first kappa shape index (κ1) is 20.4. The van der Waals surface area contributed by atoms with Gasteiger partial charge in [-0.05, 0) is 87.6 Å². The summed E-state index contributed by atoms with van der Waals surface area (Å²) in [6.07, 6.45) is 3.41. The van der Waals surface area contributed by atoms with E-state index in [1.807, 2.05) is 6.07 Å². The molecule has 1 amide bonds. The standard InChI is InChI=1S/C21H27N3O3S/c1-14(2)24-28(26,27)20-11-9-18(10-12-20)23-21(25)15(3)22-19-8-7-16-5-4-6-17(16)13-19/h7-15,22,24H,4-6H2,1-3H3,(H,23,25)/t15-/m1/s1. The zero-order chi connectivity index (χ0) is 20.3. The summed E-state index contributed by atoms with van der Waals surface area (Å²) in [5.41, 5.74) is 4.23. The lowest BCUT2D eigenvalue weighted by molar-refractivity contribution is -0.116. The average molecular weight is 402 g/mol. The summed E-state index contributed by atoms with van der Waals surface area (Å²) in [4.78, 5) is 12.6. The van der Waals surface area contributed by atoms with E-state index in [1.54, 1.807) is 32.9 Å². The van der Waals surface area contributed by atoms with Crippen LogP contribution in [0.1, 0.15) is 38.3 Å². The molecule has 150 valence electrons. The maximum atomic E-state index is 12.5. The molecular weight excluding hydrogens is 374 g/mol. The van der Waals surface area contributed by atoms with Gasteiger partial charge in [-0.25, -0.2) is 13.1 Å². The zero-order valence-corrected chi connectivity index (χ0v) is 17.3. The predicted octanol–water partition coefficient (Wildman–Crippen LogP) is 3.30. The van der Waals surface area contributed by atoms with Gasteiger partial charge in [0.05, 0.1) is 4.90 Å². The van der Waals surface area contributed by atoms with Crippen molar-refractivity contribution in [3.8, 4) is 0 Å². The van der Waals surface area contributed by atoms with Crippen LogP contribution in [0.15, 0.2) is 47.4 Å². The van der Waals surface area contributed by atoms with Gasteiger partial charge < -0.3 is 10.6 Å². The lowest BCUT2D eigenvalue weighted by Gasteiger charge is -2.16. The number of aryl methyl sites for hydroxylation is 2. The van der Waals surface area contributed by atoms with Crippen LogP contribution in [-0.2, 0) is 27.7 Å². The van der Waals surface area contributed by atoms with E-state index in [1.165, 1.54) is 29.7 Å². The average Bonchev–Trinajstić information content (AvgIpc) is 3.08. The van der Waals surface area contributed by atoms with E-state index in [2.05, 4.69) is 27.5 Å². The summed E-state index contributed by atoms with van der Waals surface area (Å²) in [5.74, 6) is -0.184. The van der Waals surface area contributed by atoms with E-state index < -0.39 is 16.1 Å². The predicted molar refractivity (Wildman–Crippen MR) is 112 cm³/mol. The van der Waals surface area contributed by atoms with Gasteiger partial charge in [-0.15, -0.1) is 0 Å². The second-order valence-electron chi connectivity index (χ2n) is 7.49. The van der Waals surface area contributed by atoms with Crippen molar-refractivity contribution in [2.45, 2.75) is 57.0 Å². The van der Waals surface area contributed by atoms with Crippen molar-refractivity contribution in [2.75, 3.05) is 10.6 Å². The minimum Gasteiger partial charge on any atom is -0.374 e. The molecule has 0 aliphatic heterocycles. The summed E-state index contributed by atoms with van der Waals surface area (Å²) >= 11 is 0. The van der Waals surface area contributed by atoms with Crippen LogP contribution in [-0.4, -0.2) is 26.4 Å². The number of nitrogens with one attached hydrogen (secondary N) is 3. The van der Waals surface area contributed by atoms with Gasteiger partial charge in [-0.3, -0.25) is 4.79 Å². The molecule has 0 radical (unpaired) electrons. The Morgan fingerprint density at radius 1 is 0.929 bits per heavy atom. The topological polar surface area (TPSA) is 87.3 Å². The van der Waals surface area contributed by atoms with Crippen molar-refractivity contribution in [1.29, 1.82) is 0 Å². The van der Waals surface area contributed by atoms with E-state index >= 15 is 0 Å². The minimum absolute atomic E-state index is 0.170. The monoisotopic (exact) mass is 401 g/mol. The Morgan fingerprint density at radius 3 is 2.25 bits per heavy atom. The Bertz CT molecular complexity index is 953. The molecule has 2 aromatic carbocycles. The number of hydrogen-bond donors (Lipinski definition) is 3. The molecule has 0 spiro atoms. The van der Waals surface area contributed by atoms with Crippen LogP contribution in [0.5, 0.6) is 0 Å². The van der Waals surface area contributed by atoms with Crippen LogP contribution in [0, 0.1) is 0 Å². The molecule has 0 bridgehead atoms. The van der Waals surface area contributed by atoms with E-state index in [9.17, 15) is 13.2 Å². The molecule has 3 rings (SSSR count). The number of hydrogen-bond acceptors (Lipinski definition) is 4. The largest absolute Gasteiger partial charge is 0.374 e. The second-order valence-corrected chi connectivity index (χ2v) is 9.21. The van der Waals surface area contributed by atoms with Crippen LogP contribution >= 0.6 is 0 Å². The normalized spacial score (nSPS) is 14.6. The number of carbonyl (C=O) groups is 1. The first-order valence-electron chi connectivity index (χ1n) is 9.56. The van der Waals surface area contributed by atoms with Gasteiger partial charge in [0.15, 0.2) is 0 Å². The Morgan fingerprint density at radius 2 is 1.57 bits per heavy atom. The van der Waals surface area contributed by atoms with Crippen LogP contribution < -0.4 is 15.4 Å². The molecule has 6 nitrogen and oxygen atoms in total. The van der Waals surface area contributed by atoms with Crippen molar-refractivity contribution < 1.29 is 13.2 Å². The third kappa shape index (κ3) is 4.91. The van der Waals surface area contributed by atoms with Crippen molar-refractivity contribution >= 4 is 27.3 Å². The fourth-order valence-electron chi connectivity index (χ4n) is 3.32. The summed E-state index contributed by atoms with van der Waals surface area (Å²) in [7, 11) is -3.54. The third-order valence-corrected chi connectivity index (χ3v) is 6.37. The number of sulfonamides is 1. The molecule has 28 heavy (non-hydrogen) atoms. The van der Waals surface area contributed by atoms with Gasteiger partial charge >= 0.3 is 0 Å². The van der Waals surface area contributed by atoms with E-state index in [0.29, 0.717) is 5.69 Å². The number of fused-ring (bicyclic) bond motifs is 1. The number of benzene rings is 2. The zero-order valence-electron chi connectivity index (χ0n) is 16.5. The molecule has 1 aliphatic rings. The Hall–Kier alpha value is -2.38. The molecule has 0 aromatic heterocycles. The third-order valence-electron chi connectivity index (χ3n) is 4.70. The molecule has 0 unspecified atom stereocenters. The molecule has 7 heteroatoms. The quantitative estimate of drug-likeness (QED) is 0.664. The molecule has 2 aromatic rings. The Balaban J connectivity index is 1.61. The number of amides is 1. The van der Waals surface area contributed by atoms with Gasteiger partial charge in [-0.2, -0.15) is 0 Å². The number of anilines is 2. The fraction of sp³-hybridized carbons (Fsp3) is 0.381. The number of carbonyl (C=O) groups excluding carboxylic acids is 1. The molecule has 0 heterocycles. The lowest BCUT2D eigenvalue weighted by Crippen LogP contribution is -2.32. The van der Waals surface area contributed by atoms with Crippen molar-refractivity contribution in [1.82, 2.24) is 4.72 Å². The Kier molecular flexibility index (Phi) is 6.05. The highest BCUT2D eigenvalue weighted by Gasteiger charge is 2.17. The van der Waals surface area contributed by atoms with E-state index in [4.69, 9.17) is 0 Å². The lowest BCUT2D eigenvalue weighted by atomic mass is 10.1. The summed E-state index contributed by atoms with van der Waals surface area (Å²) < 4.78 is 26.9. The first-order chi connectivity index (χ1) is 13.2. The van der Waals surface area contributed by atoms with Gasteiger partial charge in [0.2, 0.25) is 15.9 Å². The van der Waals surface area contributed by atoms with Crippen molar-refractivity contribution in [3.63, 3.8) is 0 Å². The molecular formula is C21H27N3O3S. The van der Waals surface area contributed by atoms with E-state index in [-0.39, 0.29) is 16.8 Å². The van der Waals surface area contributed by atoms with Gasteiger partial charge in [0, 0.05) is 17.4 Å².